The van der Waals surface area contributed by atoms with Crippen molar-refractivity contribution in [3.8, 4) is 0 Å². The van der Waals surface area contributed by atoms with Gasteiger partial charge in [-0.15, -0.1) is 0 Å². The van der Waals surface area contributed by atoms with Crippen molar-refractivity contribution >= 4 is 0 Å². The predicted octanol–water partition coefficient (Wildman–Crippen LogP) is 3.81. The summed E-state index contributed by atoms with van der Waals surface area (Å²) in [6, 6.07) is 3.65. The standard InChI is InChI=1S/C15H22FN/c1-3-12-10-13(11(2)9-14(12)16)15(17)7-5-4-6-8-15/h9-10H,3-8,17H2,1-2H3. The lowest BCUT2D eigenvalue weighted by atomic mass is 9.75. The van der Waals surface area contributed by atoms with E-state index in [9.17, 15) is 4.39 Å². The molecular formula is C15H22FN. The zero-order chi connectivity index (χ0) is 12.5. The summed E-state index contributed by atoms with van der Waals surface area (Å²) in [5.41, 5.74) is 9.27. The van der Waals surface area contributed by atoms with E-state index in [4.69, 9.17) is 5.73 Å². The van der Waals surface area contributed by atoms with Crippen molar-refractivity contribution in [1.29, 1.82) is 0 Å². The molecule has 0 atom stereocenters. The van der Waals surface area contributed by atoms with E-state index in [-0.39, 0.29) is 11.4 Å². The van der Waals surface area contributed by atoms with Gasteiger partial charge in [-0.3, -0.25) is 0 Å². The molecule has 2 N–H and O–H groups in total. The van der Waals surface area contributed by atoms with Crippen molar-refractivity contribution in [2.45, 2.75) is 57.9 Å². The number of benzene rings is 1. The summed E-state index contributed by atoms with van der Waals surface area (Å²) in [5, 5.41) is 0. The maximum Gasteiger partial charge on any atom is 0.126 e. The highest BCUT2D eigenvalue weighted by Gasteiger charge is 2.31. The van der Waals surface area contributed by atoms with Gasteiger partial charge in [-0.2, -0.15) is 0 Å². The van der Waals surface area contributed by atoms with Gasteiger partial charge in [-0.05, 0) is 48.9 Å². The fraction of sp³-hybridized carbons (Fsp3) is 0.600. The van der Waals surface area contributed by atoms with E-state index in [0.717, 1.165) is 36.0 Å². The first-order valence-corrected chi connectivity index (χ1v) is 6.65. The second kappa shape index (κ2) is 4.77. The molecule has 2 heteroatoms. The molecule has 1 aliphatic carbocycles. The van der Waals surface area contributed by atoms with Crippen LogP contribution in [0.25, 0.3) is 0 Å². The van der Waals surface area contributed by atoms with Crippen LogP contribution in [0.3, 0.4) is 0 Å². The fourth-order valence-electron chi connectivity index (χ4n) is 2.98. The number of rotatable bonds is 2. The predicted molar refractivity (Wildman–Crippen MR) is 69.5 cm³/mol. The van der Waals surface area contributed by atoms with Crippen LogP contribution in [0.15, 0.2) is 12.1 Å². The minimum Gasteiger partial charge on any atom is -0.321 e. The first-order chi connectivity index (χ1) is 8.07. The molecule has 1 fully saturated rings. The van der Waals surface area contributed by atoms with Crippen LogP contribution >= 0.6 is 0 Å². The topological polar surface area (TPSA) is 26.0 Å². The Kier molecular flexibility index (Phi) is 3.53. The minimum absolute atomic E-state index is 0.0897. The molecule has 2 rings (SSSR count). The molecular weight excluding hydrogens is 213 g/mol. The third-order valence-corrected chi connectivity index (χ3v) is 4.06. The normalized spacial score (nSPS) is 19.3. The lowest BCUT2D eigenvalue weighted by molar-refractivity contribution is 0.300. The Hall–Kier alpha value is -0.890. The molecule has 0 heterocycles. The van der Waals surface area contributed by atoms with Gasteiger partial charge in [0, 0.05) is 5.54 Å². The molecule has 0 aliphatic heterocycles. The van der Waals surface area contributed by atoms with E-state index in [1.807, 2.05) is 19.9 Å². The molecule has 0 amide bonds. The lowest BCUT2D eigenvalue weighted by Crippen LogP contribution is -2.39. The van der Waals surface area contributed by atoms with Crippen molar-refractivity contribution < 1.29 is 4.39 Å². The quantitative estimate of drug-likeness (QED) is 0.828. The Morgan fingerprint density at radius 3 is 2.47 bits per heavy atom. The average molecular weight is 235 g/mol. The number of hydrogen-bond acceptors (Lipinski definition) is 1. The molecule has 1 aliphatic rings. The van der Waals surface area contributed by atoms with E-state index in [0.29, 0.717) is 0 Å². The second-order valence-corrected chi connectivity index (χ2v) is 5.33. The van der Waals surface area contributed by atoms with Gasteiger partial charge < -0.3 is 5.73 Å². The Morgan fingerprint density at radius 1 is 1.24 bits per heavy atom. The summed E-state index contributed by atoms with van der Waals surface area (Å²) < 4.78 is 13.7. The van der Waals surface area contributed by atoms with Crippen LogP contribution in [0.5, 0.6) is 0 Å². The Bertz CT molecular complexity index is 406. The monoisotopic (exact) mass is 235 g/mol. The third-order valence-electron chi connectivity index (χ3n) is 4.06. The zero-order valence-corrected chi connectivity index (χ0v) is 10.9. The first kappa shape index (κ1) is 12.6. The summed E-state index contributed by atoms with van der Waals surface area (Å²) in [6.07, 6.45) is 6.45. The molecule has 94 valence electrons. The first-order valence-electron chi connectivity index (χ1n) is 6.65. The summed E-state index contributed by atoms with van der Waals surface area (Å²) in [4.78, 5) is 0. The van der Waals surface area contributed by atoms with E-state index >= 15 is 0 Å². The van der Waals surface area contributed by atoms with Crippen LogP contribution < -0.4 is 5.73 Å². The van der Waals surface area contributed by atoms with E-state index in [1.54, 1.807) is 6.07 Å². The molecule has 0 unspecified atom stereocenters. The molecule has 0 saturated heterocycles. The van der Waals surface area contributed by atoms with Crippen molar-refractivity contribution in [3.63, 3.8) is 0 Å². The molecule has 17 heavy (non-hydrogen) atoms. The third kappa shape index (κ3) is 2.37. The number of hydrogen-bond donors (Lipinski definition) is 1. The Morgan fingerprint density at radius 2 is 1.88 bits per heavy atom. The number of aryl methyl sites for hydroxylation is 2. The summed E-state index contributed by atoms with van der Waals surface area (Å²) in [6.45, 7) is 3.96. The highest BCUT2D eigenvalue weighted by atomic mass is 19.1. The van der Waals surface area contributed by atoms with Gasteiger partial charge in [0.1, 0.15) is 5.82 Å². The van der Waals surface area contributed by atoms with Crippen molar-refractivity contribution in [2.24, 2.45) is 5.73 Å². The zero-order valence-electron chi connectivity index (χ0n) is 10.9. The van der Waals surface area contributed by atoms with E-state index in [2.05, 4.69) is 0 Å². The molecule has 0 aromatic heterocycles. The molecule has 1 aromatic carbocycles. The van der Waals surface area contributed by atoms with E-state index in [1.165, 1.54) is 19.3 Å². The van der Waals surface area contributed by atoms with Gasteiger partial charge in [-0.25, -0.2) is 4.39 Å². The molecule has 1 aromatic rings. The summed E-state index contributed by atoms with van der Waals surface area (Å²) >= 11 is 0. The SMILES string of the molecule is CCc1cc(C2(N)CCCCC2)c(C)cc1F. The van der Waals surface area contributed by atoms with Gasteiger partial charge in [0.25, 0.3) is 0 Å². The van der Waals surface area contributed by atoms with Crippen LogP contribution in [0.4, 0.5) is 4.39 Å². The largest absolute Gasteiger partial charge is 0.321 e. The van der Waals surface area contributed by atoms with Crippen LogP contribution in [0, 0.1) is 12.7 Å². The minimum atomic E-state index is -0.222. The van der Waals surface area contributed by atoms with Crippen molar-refractivity contribution in [2.75, 3.05) is 0 Å². The Labute approximate surface area is 103 Å². The number of nitrogens with two attached hydrogens (primary N) is 1. The van der Waals surface area contributed by atoms with Crippen LogP contribution in [0.1, 0.15) is 55.7 Å². The van der Waals surface area contributed by atoms with Crippen LogP contribution in [0.2, 0.25) is 0 Å². The van der Waals surface area contributed by atoms with Crippen molar-refractivity contribution in [3.05, 3.63) is 34.6 Å². The molecule has 1 nitrogen and oxygen atoms in total. The highest BCUT2D eigenvalue weighted by molar-refractivity contribution is 5.37. The van der Waals surface area contributed by atoms with Gasteiger partial charge in [-0.1, -0.05) is 32.3 Å². The smallest absolute Gasteiger partial charge is 0.126 e. The highest BCUT2D eigenvalue weighted by Crippen LogP contribution is 2.37. The fourth-order valence-corrected chi connectivity index (χ4v) is 2.98. The maximum atomic E-state index is 13.7. The average Bonchev–Trinajstić information content (AvgIpc) is 2.30. The van der Waals surface area contributed by atoms with Gasteiger partial charge in [0.2, 0.25) is 0 Å². The van der Waals surface area contributed by atoms with E-state index < -0.39 is 0 Å². The van der Waals surface area contributed by atoms with Crippen molar-refractivity contribution in [1.82, 2.24) is 0 Å². The van der Waals surface area contributed by atoms with Crippen LogP contribution in [-0.4, -0.2) is 0 Å². The molecule has 1 saturated carbocycles. The van der Waals surface area contributed by atoms with Gasteiger partial charge >= 0.3 is 0 Å². The summed E-state index contributed by atoms with van der Waals surface area (Å²) in [7, 11) is 0. The second-order valence-electron chi connectivity index (χ2n) is 5.33. The lowest BCUT2D eigenvalue weighted by Gasteiger charge is -2.35. The molecule has 0 spiro atoms. The number of halogens is 1. The van der Waals surface area contributed by atoms with Crippen LogP contribution in [-0.2, 0) is 12.0 Å². The Balaban J connectivity index is 2.43. The maximum absolute atomic E-state index is 13.7. The van der Waals surface area contributed by atoms with Gasteiger partial charge in [0.05, 0.1) is 0 Å². The molecule has 0 radical (unpaired) electrons. The summed E-state index contributed by atoms with van der Waals surface area (Å²) in [5.74, 6) is -0.0897. The van der Waals surface area contributed by atoms with Gasteiger partial charge in [0.15, 0.2) is 0 Å². The molecule has 0 bridgehead atoms.